The summed E-state index contributed by atoms with van der Waals surface area (Å²) in [6.45, 7) is 3.86. The van der Waals surface area contributed by atoms with Crippen LogP contribution in [0.4, 0.5) is 4.39 Å². The van der Waals surface area contributed by atoms with Gasteiger partial charge in [-0.3, -0.25) is 4.90 Å². The van der Waals surface area contributed by atoms with Crippen LogP contribution < -0.4 is 10.1 Å². The lowest BCUT2D eigenvalue weighted by Crippen LogP contribution is -2.38. The molecular weight excluding hydrogens is 587 g/mol. The van der Waals surface area contributed by atoms with Gasteiger partial charge in [-0.15, -0.1) is 0 Å². The van der Waals surface area contributed by atoms with Gasteiger partial charge in [-0.25, -0.2) is 9.37 Å². The molecule has 0 bridgehead atoms. The summed E-state index contributed by atoms with van der Waals surface area (Å²) < 4.78 is 25.9. The van der Waals surface area contributed by atoms with E-state index in [-0.39, 0.29) is 40.3 Å². The van der Waals surface area contributed by atoms with Gasteiger partial charge < -0.3 is 14.6 Å². The van der Waals surface area contributed by atoms with Crippen molar-refractivity contribution in [3.05, 3.63) is 71.1 Å². The molecule has 2 aliphatic heterocycles. The zero-order valence-corrected chi connectivity index (χ0v) is 26.1. The number of hydrogen-bond acceptors (Lipinski definition) is 6. The van der Waals surface area contributed by atoms with E-state index in [9.17, 15) is 10.5 Å². The first-order valence-electron chi connectivity index (χ1n) is 15.6. The third-order valence-electron chi connectivity index (χ3n) is 9.72. The number of rotatable bonds is 6. The Labute approximate surface area is 266 Å². The monoisotopic (exact) mass is 620 g/mol. The molecule has 0 radical (unpaired) electrons. The van der Waals surface area contributed by atoms with E-state index in [1.165, 1.54) is 0 Å². The van der Waals surface area contributed by atoms with Crippen LogP contribution in [0.15, 0.2) is 54.7 Å². The Hall–Kier alpha value is -4.21. The standard InChI is InChI=1S/C36H34ClFN6O/c1-21(30-10-5-16-43(30)2)45-36-27-13-17-44(25-12-15-41-24(18-25)11-14-39)35(27)28-19-29(37)32(33(38)34(28)42-36)26-9-4-7-22-6-3-8-23(20-40)31(22)26/h3-4,6-9,13,17,19,21,24-25,30,41H,5,10-12,15-16,18H2,1-2H3/t21-,24+,25-,30-/m0/s1. The minimum absolute atomic E-state index is 0.0839. The molecule has 0 aliphatic carbocycles. The highest BCUT2D eigenvalue weighted by Gasteiger charge is 2.31. The molecule has 0 amide bonds. The number of likely N-dealkylation sites (N-methyl/N-ethyl adjacent to an activating group) is 1. The zero-order chi connectivity index (χ0) is 31.2. The van der Waals surface area contributed by atoms with E-state index in [0.717, 1.165) is 55.1 Å². The van der Waals surface area contributed by atoms with E-state index in [4.69, 9.17) is 21.3 Å². The van der Waals surface area contributed by atoms with Crippen molar-refractivity contribution in [2.75, 3.05) is 20.1 Å². The van der Waals surface area contributed by atoms with E-state index < -0.39 is 5.82 Å². The minimum Gasteiger partial charge on any atom is -0.472 e. The van der Waals surface area contributed by atoms with E-state index in [2.05, 4.69) is 40.9 Å². The molecule has 2 saturated heterocycles. The van der Waals surface area contributed by atoms with Crippen molar-refractivity contribution in [1.29, 1.82) is 10.5 Å². The fourth-order valence-corrected chi connectivity index (χ4v) is 7.83. The Morgan fingerprint density at radius 2 is 1.98 bits per heavy atom. The van der Waals surface area contributed by atoms with Crippen LogP contribution in [0.5, 0.6) is 5.88 Å². The normalized spacial score (nSPS) is 21.2. The molecule has 1 N–H and O–H groups in total. The molecule has 2 fully saturated rings. The lowest BCUT2D eigenvalue weighted by Gasteiger charge is -2.31. The first kappa shape index (κ1) is 29.5. The lowest BCUT2D eigenvalue weighted by molar-refractivity contribution is 0.119. The summed E-state index contributed by atoms with van der Waals surface area (Å²) in [5.41, 5.74) is 2.22. The maximum atomic E-state index is 17.1. The molecule has 228 valence electrons. The third kappa shape index (κ3) is 5.08. The predicted octanol–water partition coefficient (Wildman–Crippen LogP) is 7.74. The van der Waals surface area contributed by atoms with Gasteiger partial charge in [-0.2, -0.15) is 10.5 Å². The fourth-order valence-electron chi connectivity index (χ4n) is 7.53. The SMILES string of the molecule is C[C@H](Oc1nc2c(F)c(-c3cccc4cccc(C#N)c34)c(Cl)cc2c2c1ccn2[C@H]1CCN[C@H](CC#N)C1)[C@@H]1CCCN1C. The van der Waals surface area contributed by atoms with Gasteiger partial charge in [0.05, 0.1) is 40.0 Å². The van der Waals surface area contributed by atoms with Crippen LogP contribution in [0, 0.1) is 28.5 Å². The van der Waals surface area contributed by atoms with Crippen molar-refractivity contribution in [2.24, 2.45) is 0 Å². The highest BCUT2D eigenvalue weighted by atomic mass is 35.5. The summed E-state index contributed by atoms with van der Waals surface area (Å²) in [6, 6.07) is 19.8. The van der Waals surface area contributed by atoms with Gasteiger partial charge in [0.15, 0.2) is 5.82 Å². The number of aromatic nitrogens is 2. The number of fused-ring (bicyclic) bond motifs is 4. The molecule has 0 spiro atoms. The first-order valence-corrected chi connectivity index (χ1v) is 16.0. The van der Waals surface area contributed by atoms with Crippen LogP contribution in [0.25, 0.3) is 43.7 Å². The minimum atomic E-state index is -0.546. The zero-order valence-electron chi connectivity index (χ0n) is 25.4. The van der Waals surface area contributed by atoms with E-state index in [1.807, 2.05) is 36.5 Å². The van der Waals surface area contributed by atoms with Crippen molar-refractivity contribution in [3.63, 3.8) is 0 Å². The molecule has 2 aromatic heterocycles. The number of nitrogens with zero attached hydrogens (tertiary/aromatic N) is 5. The van der Waals surface area contributed by atoms with Crippen molar-refractivity contribution in [1.82, 2.24) is 19.8 Å². The maximum Gasteiger partial charge on any atom is 0.223 e. The lowest BCUT2D eigenvalue weighted by atomic mass is 9.93. The second-order valence-electron chi connectivity index (χ2n) is 12.4. The number of nitrogens with one attached hydrogen (secondary N) is 1. The molecular formula is C36H34ClFN6O. The first-order chi connectivity index (χ1) is 21.9. The molecule has 7 rings (SSSR count). The summed E-state index contributed by atoms with van der Waals surface area (Å²) in [6.07, 6.45) is 6.10. The second kappa shape index (κ2) is 11.9. The number of halogens is 2. The quantitative estimate of drug-likeness (QED) is 0.209. The van der Waals surface area contributed by atoms with Gasteiger partial charge >= 0.3 is 0 Å². The van der Waals surface area contributed by atoms with Crippen LogP contribution in [0.3, 0.4) is 0 Å². The molecule has 0 unspecified atom stereocenters. The maximum absolute atomic E-state index is 17.1. The molecule has 4 atom stereocenters. The van der Waals surface area contributed by atoms with Gasteiger partial charge in [-0.1, -0.05) is 41.9 Å². The van der Waals surface area contributed by atoms with Crippen molar-refractivity contribution in [2.45, 2.75) is 63.3 Å². The average Bonchev–Trinajstić information content (AvgIpc) is 3.69. The largest absolute Gasteiger partial charge is 0.472 e. The summed E-state index contributed by atoms with van der Waals surface area (Å²) in [4.78, 5) is 7.19. The Morgan fingerprint density at radius 1 is 1.16 bits per heavy atom. The Morgan fingerprint density at radius 3 is 2.73 bits per heavy atom. The number of nitriles is 2. The number of ether oxygens (including phenoxy) is 1. The Kier molecular flexibility index (Phi) is 7.83. The Bertz CT molecular complexity index is 2020. The van der Waals surface area contributed by atoms with Crippen LogP contribution in [0.2, 0.25) is 5.02 Å². The van der Waals surface area contributed by atoms with Crippen LogP contribution in [-0.2, 0) is 0 Å². The van der Waals surface area contributed by atoms with Gasteiger partial charge in [0, 0.05) is 40.7 Å². The fraction of sp³-hybridized carbons (Fsp3) is 0.361. The predicted molar refractivity (Wildman–Crippen MR) is 176 cm³/mol. The van der Waals surface area contributed by atoms with Gasteiger partial charge in [0.25, 0.3) is 0 Å². The van der Waals surface area contributed by atoms with E-state index >= 15 is 4.39 Å². The molecule has 0 saturated carbocycles. The van der Waals surface area contributed by atoms with Crippen molar-refractivity contribution in [3.8, 4) is 29.1 Å². The van der Waals surface area contributed by atoms with Crippen molar-refractivity contribution >= 4 is 44.2 Å². The number of hydrogen-bond donors (Lipinski definition) is 1. The summed E-state index contributed by atoms with van der Waals surface area (Å²) in [7, 11) is 2.11. The number of pyridine rings is 1. The summed E-state index contributed by atoms with van der Waals surface area (Å²) >= 11 is 6.99. The van der Waals surface area contributed by atoms with Gasteiger partial charge in [-0.05, 0) is 81.9 Å². The number of likely N-dealkylation sites (tertiary alicyclic amines) is 1. The second-order valence-corrected chi connectivity index (χ2v) is 12.8. The Balaban J connectivity index is 1.46. The highest BCUT2D eigenvalue weighted by Crippen LogP contribution is 2.44. The summed E-state index contributed by atoms with van der Waals surface area (Å²) in [5.74, 6) is -0.148. The number of piperidine rings is 1. The molecule has 3 aromatic carbocycles. The summed E-state index contributed by atoms with van der Waals surface area (Å²) in [5, 5.41) is 25.9. The number of benzene rings is 3. The third-order valence-corrected chi connectivity index (χ3v) is 10.0. The van der Waals surface area contributed by atoms with Gasteiger partial charge in [0.1, 0.15) is 11.6 Å². The smallest absolute Gasteiger partial charge is 0.223 e. The van der Waals surface area contributed by atoms with E-state index in [0.29, 0.717) is 34.2 Å². The molecule has 7 nitrogen and oxygen atoms in total. The van der Waals surface area contributed by atoms with Gasteiger partial charge in [0.2, 0.25) is 5.88 Å². The average molecular weight is 621 g/mol. The topological polar surface area (TPSA) is 89.9 Å². The molecule has 4 heterocycles. The molecule has 2 aliphatic rings. The van der Waals surface area contributed by atoms with Crippen molar-refractivity contribution < 1.29 is 9.13 Å². The molecule has 45 heavy (non-hydrogen) atoms. The molecule has 9 heteroatoms. The highest BCUT2D eigenvalue weighted by molar-refractivity contribution is 6.35. The molecule has 5 aromatic rings. The van der Waals surface area contributed by atoms with Crippen LogP contribution in [-0.4, -0.2) is 52.8 Å². The van der Waals surface area contributed by atoms with E-state index in [1.54, 1.807) is 18.2 Å². The van der Waals surface area contributed by atoms with Crippen LogP contribution >= 0.6 is 11.6 Å². The van der Waals surface area contributed by atoms with Crippen LogP contribution in [0.1, 0.15) is 50.6 Å².